The quantitative estimate of drug-likeness (QED) is 0.924. The fourth-order valence-corrected chi connectivity index (χ4v) is 3.39. The molecule has 0 saturated carbocycles. The van der Waals surface area contributed by atoms with Gasteiger partial charge in [-0.3, -0.25) is 14.7 Å². The molecule has 0 radical (unpaired) electrons. The third kappa shape index (κ3) is 4.39. The first-order chi connectivity index (χ1) is 11.2. The molecule has 4 heteroatoms. The number of carbonyl (C=O) groups excluding carboxylic acids is 1. The fourth-order valence-electron chi connectivity index (χ4n) is 3.39. The number of amides is 1. The Morgan fingerprint density at radius 3 is 2.91 bits per heavy atom. The van der Waals surface area contributed by atoms with E-state index in [1.165, 1.54) is 11.1 Å². The number of carbonyl (C=O) groups is 1. The summed E-state index contributed by atoms with van der Waals surface area (Å²) < 4.78 is 0. The van der Waals surface area contributed by atoms with Gasteiger partial charge in [0.25, 0.3) is 0 Å². The van der Waals surface area contributed by atoms with Gasteiger partial charge in [-0.05, 0) is 54.1 Å². The molecule has 23 heavy (non-hydrogen) atoms. The molecule has 1 aliphatic rings. The molecule has 120 valence electrons. The average molecular weight is 309 g/mol. The summed E-state index contributed by atoms with van der Waals surface area (Å²) in [5.74, 6) is 0.221. The van der Waals surface area contributed by atoms with Crippen LogP contribution in [0.2, 0.25) is 0 Å². The lowest BCUT2D eigenvalue weighted by Crippen LogP contribution is -2.36. The highest BCUT2D eigenvalue weighted by atomic mass is 16.1. The zero-order valence-electron chi connectivity index (χ0n) is 13.3. The average Bonchev–Trinajstić information content (AvgIpc) is 2.56. The highest BCUT2D eigenvalue weighted by molar-refractivity contribution is 5.74. The molecule has 1 atom stereocenters. The highest BCUT2D eigenvalue weighted by Gasteiger charge is 2.21. The van der Waals surface area contributed by atoms with Crippen LogP contribution in [0.25, 0.3) is 11.1 Å². The molecule has 2 aromatic rings. The Hall–Kier alpha value is -2.20. The van der Waals surface area contributed by atoms with Gasteiger partial charge in [0.2, 0.25) is 5.91 Å². The molecule has 1 unspecified atom stereocenters. The van der Waals surface area contributed by atoms with E-state index in [2.05, 4.69) is 40.2 Å². The number of hydrogen-bond donors (Lipinski definition) is 1. The van der Waals surface area contributed by atoms with Crippen molar-refractivity contribution in [2.45, 2.75) is 25.8 Å². The first-order valence-corrected chi connectivity index (χ1v) is 8.21. The number of nitrogens with two attached hydrogens (primary N) is 1. The normalized spacial score (nSPS) is 18.7. The van der Waals surface area contributed by atoms with Crippen molar-refractivity contribution in [1.29, 1.82) is 0 Å². The standard InChI is InChI=1S/C19H23N3O/c20-19(23)11-16-5-3-9-22(14-16)13-15-4-1-6-17(10-15)18-7-2-8-21-12-18/h1-2,4,6-8,10,12,16H,3,5,9,11,13-14H2,(H2,20,23). The second-order valence-corrected chi connectivity index (χ2v) is 6.36. The van der Waals surface area contributed by atoms with Crippen molar-refractivity contribution in [3.8, 4) is 11.1 Å². The van der Waals surface area contributed by atoms with Gasteiger partial charge in [0, 0.05) is 31.9 Å². The molecule has 0 aliphatic carbocycles. The number of likely N-dealkylation sites (tertiary alicyclic amines) is 1. The van der Waals surface area contributed by atoms with Gasteiger partial charge in [0.1, 0.15) is 0 Å². The second-order valence-electron chi connectivity index (χ2n) is 6.36. The van der Waals surface area contributed by atoms with Crippen LogP contribution in [0.3, 0.4) is 0 Å². The molecular weight excluding hydrogens is 286 g/mol. The summed E-state index contributed by atoms with van der Waals surface area (Å²) >= 11 is 0. The van der Waals surface area contributed by atoms with Gasteiger partial charge in [-0.2, -0.15) is 0 Å². The van der Waals surface area contributed by atoms with Gasteiger partial charge in [0.05, 0.1) is 0 Å². The van der Waals surface area contributed by atoms with E-state index in [4.69, 9.17) is 5.73 Å². The van der Waals surface area contributed by atoms with Crippen LogP contribution in [0.5, 0.6) is 0 Å². The largest absolute Gasteiger partial charge is 0.370 e. The summed E-state index contributed by atoms with van der Waals surface area (Å²) in [6, 6.07) is 12.7. The molecule has 3 rings (SSSR count). The van der Waals surface area contributed by atoms with Crippen LogP contribution in [0.1, 0.15) is 24.8 Å². The van der Waals surface area contributed by atoms with Crippen LogP contribution in [-0.2, 0) is 11.3 Å². The Balaban J connectivity index is 1.67. The zero-order chi connectivity index (χ0) is 16.1. The van der Waals surface area contributed by atoms with Crippen LogP contribution in [0, 0.1) is 5.92 Å². The lowest BCUT2D eigenvalue weighted by atomic mass is 9.94. The molecule has 1 fully saturated rings. The van der Waals surface area contributed by atoms with E-state index < -0.39 is 0 Å². The lowest BCUT2D eigenvalue weighted by molar-refractivity contribution is -0.119. The minimum Gasteiger partial charge on any atom is -0.370 e. The molecule has 1 amide bonds. The van der Waals surface area contributed by atoms with Gasteiger partial charge in [-0.25, -0.2) is 0 Å². The maximum Gasteiger partial charge on any atom is 0.217 e. The number of primary amides is 1. The fraction of sp³-hybridized carbons (Fsp3) is 0.368. The molecule has 1 aromatic heterocycles. The molecule has 0 spiro atoms. The van der Waals surface area contributed by atoms with Gasteiger partial charge in [-0.1, -0.05) is 24.3 Å². The van der Waals surface area contributed by atoms with Crippen molar-refractivity contribution in [1.82, 2.24) is 9.88 Å². The minimum absolute atomic E-state index is 0.185. The van der Waals surface area contributed by atoms with E-state index in [0.717, 1.165) is 38.0 Å². The summed E-state index contributed by atoms with van der Waals surface area (Å²) in [5, 5.41) is 0. The van der Waals surface area contributed by atoms with Gasteiger partial charge >= 0.3 is 0 Å². The summed E-state index contributed by atoms with van der Waals surface area (Å²) in [6.07, 6.45) is 6.44. The van der Waals surface area contributed by atoms with Crippen LogP contribution in [-0.4, -0.2) is 28.9 Å². The molecule has 1 aromatic carbocycles. The molecule has 0 bridgehead atoms. The topological polar surface area (TPSA) is 59.2 Å². The third-order valence-electron chi connectivity index (χ3n) is 4.42. The first kappa shape index (κ1) is 15.7. The van der Waals surface area contributed by atoms with Gasteiger partial charge in [0.15, 0.2) is 0 Å². The predicted molar refractivity (Wildman–Crippen MR) is 91.5 cm³/mol. The van der Waals surface area contributed by atoms with Crippen LogP contribution >= 0.6 is 0 Å². The number of aromatic nitrogens is 1. The maximum atomic E-state index is 11.1. The molecular formula is C19H23N3O. The van der Waals surface area contributed by atoms with Crippen molar-refractivity contribution >= 4 is 5.91 Å². The predicted octanol–water partition coefficient (Wildman–Crippen LogP) is 2.84. The number of nitrogens with zero attached hydrogens (tertiary/aromatic N) is 2. The minimum atomic E-state index is -0.185. The van der Waals surface area contributed by atoms with Crippen molar-refractivity contribution in [2.75, 3.05) is 13.1 Å². The Morgan fingerprint density at radius 2 is 2.13 bits per heavy atom. The molecule has 4 nitrogen and oxygen atoms in total. The van der Waals surface area contributed by atoms with E-state index >= 15 is 0 Å². The highest BCUT2D eigenvalue weighted by Crippen LogP contribution is 2.23. The van der Waals surface area contributed by atoms with E-state index in [1.807, 2.05) is 12.3 Å². The van der Waals surface area contributed by atoms with Crippen molar-refractivity contribution in [3.05, 3.63) is 54.4 Å². The third-order valence-corrected chi connectivity index (χ3v) is 4.42. The van der Waals surface area contributed by atoms with E-state index in [9.17, 15) is 4.79 Å². The number of benzene rings is 1. The van der Waals surface area contributed by atoms with Crippen LogP contribution < -0.4 is 5.73 Å². The Bertz CT molecular complexity index is 657. The number of piperidine rings is 1. The van der Waals surface area contributed by atoms with Crippen molar-refractivity contribution in [3.63, 3.8) is 0 Å². The Morgan fingerprint density at radius 1 is 1.26 bits per heavy atom. The van der Waals surface area contributed by atoms with Crippen LogP contribution in [0.4, 0.5) is 0 Å². The Labute approximate surface area is 137 Å². The number of pyridine rings is 1. The summed E-state index contributed by atoms with van der Waals surface area (Å²) in [6.45, 7) is 2.97. The SMILES string of the molecule is NC(=O)CC1CCCN(Cc2cccc(-c3cccnc3)c2)C1. The molecule has 2 N–H and O–H groups in total. The monoisotopic (exact) mass is 309 g/mol. The second kappa shape index (κ2) is 7.38. The van der Waals surface area contributed by atoms with E-state index in [-0.39, 0.29) is 5.91 Å². The Kier molecular flexibility index (Phi) is 5.03. The molecule has 1 saturated heterocycles. The summed E-state index contributed by atoms with van der Waals surface area (Å²) in [5.41, 5.74) is 8.97. The van der Waals surface area contributed by atoms with Crippen molar-refractivity contribution < 1.29 is 4.79 Å². The number of rotatable bonds is 5. The first-order valence-electron chi connectivity index (χ1n) is 8.21. The van der Waals surface area contributed by atoms with Gasteiger partial charge in [-0.15, -0.1) is 0 Å². The molecule has 2 heterocycles. The van der Waals surface area contributed by atoms with Crippen molar-refractivity contribution in [2.24, 2.45) is 11.7 Å². The summed E-state index contributed by atoms with van der Waals surface area (Å²) in [4.78, 5) is 17.8. The number of hydrogen-bond acceptors (Lipinski definition) is 3. The van der Waals surface area contributed by atoms with E-state index in [1.54, 1.807) is 6.20 Å². The summed E-state index contributed by atoms with van der Waals surface area (Å²) in [7, 11) is 0. The maximum absolute atomic E-state index is 11.1. The molecule has 1 aliphatic heterocycles. The van der Waals surface area contributed by atoms with Gasteiger partial charge < -0.3 is 5.73 Å². The van der Waals surface area contributed by atoms with E-state index in [0.29, 0.717) is 12.3 Å². The lowest BCUT2D eigenvalue weighted by Gasteiger charge is -2.32. The smallest absolute Gasteiger partial charge is 0.217 e. The zero-order valence-corrected chi connectivity index (χ0v) is 13.3. The van der Waals surface area contributed by atoms with Crippen LogP contribution in [0.15, 0.2) is 48.8 Å².